The molecule has 4 aromatic rings. The normalized spacial score (nSPS) is 11.7. The van der Waals surface area contributed by atoms with E-state index in [4.69, 9.17) is 0 Å². The van der Waals surface area contributed by atoms with E-state index in [1.54, 1.807) is 24.5 Å². The first-order chi connectivity index (χ1) is 15.0. The van der Waals surface area contributed by atoms with E-state index in [9.17, 15) is 8.42 Å². The quantitative estimate of drug-likeness (QED) is 0.423. The zero-order valence-electron chi connectivity index (χ0n) is 17.7. The van der Waals surface area contributed by atoms with Crippen molar-refractivity contribution in [3.63, 3.8) is 0 Å². The maximum atomic E-state index is 13.8. The van der Waals surface area contributed by atoms with E-state index in [2.05, 4.69) is 22.2 Å². The molecule has 7 heteroatoms. The Hall–Kier alpha value is -3.19. The lowest BCUT2D eigenvalue weighted by Crippen LogP contribution is -2.11. The molecule has 0 bridgehead atoms. The molecule has 0 aliphatic rings. The van der Waals surface area contributed by atoms with E-state index >= 15 is 0 Å². The highest BCUT2D eigenvalue weighted by Crippen LogP contribution is 2.36. The summed E-state index contributed by atoms with van der Waals surface area (Å²) in [5, 5.41) is 3.39. The van der Waals surface area contributed by atoms with Crippen molar-refractivity contribution in [2.75, 3.05) is 5.32 Å². The molecule has 0 aliphatic carbocycles. The van der Waals surface area contributed by atoms with Crippen LogP contribution in [0.15, 0.2) is 76.8 Å². The van der Waals surface area contributed by atoms with Gasteiger partial charge in [0.1, 0.15) is 16.2 Å². The van der Waals surface area contributed by atoms with Crippen molar-refractivity contribution < 1.29 is 8.42 Å². The smallest absolute Gasteiger partial charge is 0.212 e. The van der Waals surface area contributed by atoms with Crippen molar-refractivity contribution in [1.29, 1.82) is 0 Å². The fourth-order valence-corrected chi connectivity index (χ4v) is 5.18. The number of nitrogens with one attached hydrogen (secondary N) is 1. The molecule has 6 nitrogen and oxygen atoms in total. The van der Waals surface area contributed by atoms with Gasteiger partial charge in [-0.05, 0) is 31.0 Å². The third-order valence-corrected chi connectivity index (χ3v) is 7.09. The van der Waals surface area contributed by atoms with Crippen LogP contribution in [0.2, 0.25) is 0 Å². The van der Waals surface area contributed by atoms with Crippen LogP contribution in [-0.4, -0.2) is 23.0 Å². The summed E-state index contributed by atoms with van der Waals surface area (Å²) in [5.74, 6) is 0.541. The van der Waals surface area contributed by atoms with Crippen molar-refractivity contribution in [3.8, 4) is 0 Å². The molecule has 0 radical (unpaired) electrons. The third-order valence-electron chi connectivity index (χ3n) is 5.27. The zero-order chi connectivity index (χ0) is 21.8. The second-order valence-corrected chi connectivity index (χ2v) is 9.45. The molecule has 0 unspecified atom stereocenters. The molecule has 2 aromatic heterocycles. The van der Waals surface area contributed by atoms with Crippen LogP contribution in [0.5, 0.6) is 0 Å². The lowest BCUT2D eigenvalue weighted by atomic mass is 10.2. The number of fused-ring (bicyclic) bond motifs is 1. The van der Waals surface area contributed by atoms with Gasteiger partial charge in [0.15, 0.2) is 5.65 Å². The summed E-state index contributed by atoms with van der Waals surface area (Å²) in [6.45, 7) is 5.20. The first-order valence-corrected chi connectivity index (χ1v) is 11.9. The number of anilines is 1. The van der Waals surface area contributed by atoms with E-state index in [-0.39, 0.29) is 9.79 Å². The van der Waals surface area contributed by atoms with Crippen LogP contribution < -0.4 is 5.32 Å². The van der Waals surface area contributed by atoms with Gasteiger partial charge in [-0.25, -0.2) is 18.4 Å². The maximum absolute atomic E-state index is 13.8. The van der Waals surface area contributed by atoms with Gasteiger partial charge in [-0.15, -0.1) is 0 Å². The number of hydrogen-bond acceptors (Lipinski definition) is 5. The van der Waals surface area contributed by atoms with Crippen molar-refractivity contribution in [2.45, 2.75) is 49.6 Å². The Morgan fingerprint density at radius 1 is 0.968 bits per heavy atom. The van der Waals surface area contributed by atoms with Crippen LogP contribution in [0.1, 0.15) is 30.9 Å². The van der Waals surface area contributed by atoms with Crippen LogP contribution >= 0.6 is 0 Å². The summed E-state index contributed by atoms with van der Waals surface area (Å²) in [6.07, 6.45) is 5.04. The molecule has 0 fully saturated rings. The minimum atomic E-state index is -3.81. The van der Waals surface area contributed by atoms with Gasteiger partial charge < -0.3 is 9.88 Å². The summed E-state index contributed by atoms with van der Waals surface area (Å²) < 4.78 is 29.5. The SMILES string of the molecule is CCCCn1c(NCc2ccccc2)c(S(=O)(=O)c2ccc(C)cc2)c2nccnc21. The lowest BCUT2D eigenvalue weighted by Gasteiger charge is -2.14. The van der Waals surface area contributed by atoms with Crippen molar-refractivity contribution in [3.05, 3.63) is 78.1 Å². The molecule has 1 N–H and O–H groups in total. The van der Waals surface area contributed by atoms with E-state index in [1.165, 1.54) is 0 Å². The average Bonchev–Trinajstić information content (AvgIpc) is 3.11. The lowest BCUT2D eigenvalue weighted by molar-refractivity contribution is 0.595. The Bertz CT molecular complexity index is 1280. The maximum Gasteiger partial charge on any atom is 0.212 e. The number of nitrogens with zero attached hydrogens (tertiary/aromatic N) is 3. The number of unbranched alkanes of at least 4 members (excludes halogenated alkanes) is 1. The average molecular weight is 435 g/mol. The number of hydrogen-bond donors (Lipinski definition) is 1. The second kappa shape index (κ2) is 8.89. The van der Waals surface area contributed by atoms with Crippen LogP contribution in [-0.2, 0) is 22.9 Å². The second-order valence-electron chi connectivity index (χ2n) is 7.57. The summed E-state index contributed by atoms with van der Waals surface area (Å²) in [6, 6.07) is 16.8. The van der Waals surface area contributed by atoms with Gasteiger partial charge in [0.05, 0.1) is 4.90 Å². The first kappa shape index (κ1) is 21.1. The molecule has 2 aromatic carbocycles. The summed E-state index contributed by atoms with van der Waals surface area (Å²) in [5.41, 5.74) is 3.05. The first-order valence-electron chi connectivity index (χ1n) is 10.4. The number of sulfone groups is 1. The van der Waals surface area contributed by atoms with Crippen molar-refractivity contribution >= 4 is 26.8 Å². The summed E-state index contributed by atoms with van der Waals surface area (Å²) in [4.78, 5) is 9.36. The molecule has 0 saturated carbocycles. The van der Waals surface area contributed by atoms with Gasteiger partial charge in [-0.2, -0.15) is 0 Å². The third kappa shape index (κ3) is 4.18. The molecule has 0 spiro atoms. The monoisotopic (exact) mass is 434 g/mol. The van der Waals surface area contributed by atoms with Gasteiger partial charge in [0.2, 0.25) is 9.84 Å². The highest BCUT2D eigenvalue weighted by Gasteiger charge is 2.30. The number of aromatic nitrogens is 3. The van der Waals surface area contributed by atoms with Crippen LogP contribution in [0.25, 0.3) is 11.2 Å². The molecule has 31 heavy (non-hydrogen) atoms. The topological polar surface area (TPSA) is 76.9 Å². The Morgan fingerprint density at radius 3 is 2.39 bits per heavy atom. The van der Waals surface area contributed by atoms with Gasteiger partial charge in [0, 0.05) is 25.5 Å². The standard InChI is InChI=1S/C24H26N4O2S/c1-3-4-16-28-23-21(25-14-15-26-23)22(24(28)27-17-19-8-6-5-7-9-19)31(29,30)20-12-10-18(2)11-13-20/h5-15,27H,3-4,16-17H2,1-2H3. The van der Waals surface area contributed by atoms with Crippen LogP contribution in [0.4, 0.5) is 5.82 Å². The Kier molecular flexibility index (Phi) is 6.04. The van der Waals surface area contributed by atoms with Crippen LogP contribution in [0, 0.1) is 6.92 Å². The predicted molar refractivity (Wildman–Crippen MR) is 123 cm³/mol. The molecule has 160 valence electrons. The van der Waals surface area contributed by atoms with E-state index in [0.29, 0.717) is 30.1 Å². The molecule has 2 heterocycles. The van der Waals surface area contributed by atoms with E-state index < -0.39 is 9.84 Å². The molecule has 0 saturated heterocycles. The highest BCUT2D eigenvalue weighted by atomic mass is 32.2. The van der Waals surface area contributed by atoms with Gasteiger partial charge in [-0.1, -0.05) is 61.4 Å². The fourth-order valence-electron chi connectivity index (χ4n) is 3.61. The van der Waals surface area contributed by atoms with E-state index in [1.807, 2.05) is 54.0 Å². The van der Waals surface area contributed by atoms with Crippen molar-refractivity contribution in [2.24, 2.45) is 0 Å². The highest BCUT2D eigenvalue weighted by molar-refractivity contribution is 7.92. The molecule has 0 amide bonds. The minimum Gasteiger partial charge on any atom is -0.366 e. The molecule has 4 rings (SSSR count). The molecule has 0 atom stereocenters. The van der Waals surface area contributed by atoms with Gasteiger partial charge in [0.25, 0.3) is 0 Å². The predicted octanol–water partition coefficient (Wildman–Crippen LogP) is 4.98. The van der Waals surface area contributed by atoms with Crippen LogP contribution in [0.3, 0.4) is 0 Å². The molecular weight excluding hydrogens is 408 g/mol. The zero-order valence-corrected chi connectivity index (χ0v) is 18.6. The Morgan fingerprint density at radius 2 is 1.68 bits per heavy atom. The Labute approximate surface area is 182 Å². The largest absolute Gasteiger partial charge is 0.366 e. The summed E-state index contributed by atoms with van der Waals surface area (Å²) in [7, 11) is -3.81. The number of benzene rings is 2. The van der Waals surface area contributed by atoms with Gasteiger partial charge in [-0.3, -0.25) is 0 Å². The Balaban J connectivity index is 1.90. The van der Waals surface area contributed by atoms with Gasteiger partial charge >= 0.3 is 0 Å². The van der Waals surface area contributed by atoms with E-state index in [0.717, 1.165) is 24.0 Å². The minimum absolute atomic E-state index is 0.187. The summed E-state index contributed by atoms with van der Waals surface area (Å²) >= 11 is 0. The number of rotatable bonds is 8. The number of aryl methyl sites for hydroxylation is 2. The van der Waals surface area contributed by atoms with Crippen molar-refractivity contribution in [1.82, 2.24) is 14.5 Å². The molecule has 0 aliphatic heterocycles. The fraction of sp³-hybridized carbons (Fsp3) is 0.250. The molecular formula is C24H26N4O2S.